The van der Waals surface area contributed by atoms with Crippen molar-refractivity contribution in [1.29, 1.82) is 0 Å². The van der Waals surface area contributed by atoms with Crippen molar-refractivity contribution in [2.75, 3.05) is 29.1 Å². The Hall–Kier alpha value is -7.11. The molecular formula is C39H40N11O14S4+. The number of aromatic nitrogens is 3. The molecule has 3 aromatic heterocycles. The summed E-state index contributed by atoms with van der Waals surface area (Å²) in [5.41, 5.74) is 0.922. The molecule has 2 fully saturated rings. The summed E-state index contributed by atoms with van der Waals surface area (Å²) in [5, 5.41) is 56.4. The van der Waals surface area contributed by atoms with Crippen molar-refractivity contribution in [3.63, 3.8) is 0 Å². The number of carboxylic acid groups (broad SMARTS) is 4. The average molecular weight is 1020 g/mol. The minimum atomic E-state index is -1.93. The number of amides is 4. The van der Waals surface area contributed by atoms with Gasteiger partial charge in [-0.1, -0.05) is 16.4 Å². The van der Waals surface area contributed by atoms with Crippen molar-refractivity contribution in [3.8, 4) is 0 Å². The lowest BCUT2D eigenvalue weighted by molar-refractivity contribution is -0.689. The van der Waals surface area contributed by atoms with E-state index in [1.807, 2.05) is 0 Å². The second kappa shape index (κ2) is 19.2. The molecule has 0 saturated carbocycles. The number of carbonyl (C=O) groups is 8. The lowest BCUT2D eigenvalue weighted by atomic mass is 10.0. The van der Waals surface area contributed by atoms with E-state index >= 15 is 0 Å². The monoisotopic (exact) mass is 1010 g/mol. The van der Waals surface area contributed by atoms with Gasteiger partial charge in [0.15, 0.2) is 40.6 Å². The Labute approximate surface area is 400 Å². The van der Waals surface area contributed by atoms with Crippen molar-refractivity contribution in [2.24, 2.45) is 10.3 Å². The van der Waals surface area contributed by atoms with Crippen LogP contribution in [0.15, 0.2) is 74.2 Å². The van der Waals surface area contributed by atoms with Crippen molar-refractivity contribution in [3.05, 3.63) is 75.3 Å². The number of β-lactam (4-membered cyclic amide) rings is 2. The fraction of sp³-hybridized carbons (Fsp3) is 0.359. The van der Waals surface area contributed by atoms with Crippen LogP contribution in [0.5, 0.6) is 0 Å². The van der Waals surface area contributed by atoms with E-state index in [2.05, 4.69) is 36.2 Å². The maximum absolute atomic E-state index is 13.9. The highest BCUT2D eigenvalue weighted by Crippen LogP contribution is 2.42. The molecule has 358 valence electrons. The van der Waals surface area contributed by atoms with E-state index in [4.69, 9.17) is 15.4 Å². The first-order valence-electron chi connectivity index (χ1n) is 19.9. The number of oxime groups is 2. The Kier molecular flexibility index (Phi) is 13.8. The lowest BCUT2D eigenvalue weighted by Crippen LogP contribution is -2.71. The summed E-state index contributed by atoms with van der Waals surface area (Å²) in [6.07, 6.45) is 3.51. The number of rotatable bonds is 19. The minimum absolute atomic E-state index is 0.0529. The van der Waals surface area contributed by atoms with Gasteiger partial charge in [-0.15, -0.1) is 46.2 Å². The highest BCUT2D eigenvalue weighted by Gasteiger charge is 2.56. The molecular weight excluding hydrogens is 975 g/mol. The first-order valence-corrected chi connectivity index (χ1v) is 23.7. The number of hydrogen-bond acceptors (Lipinski definition) is 20. The molecule has 29 heteroatoms. The highest BCUT2D eigenvalue weighted by molar-refractivity contribution is 8.00. The van der Waals surface area contributed by atoms with Crippen LogP contribution in [0.2, 0.25) is 0 Å². The third-order valence-corrected chi connectivity index (χ3v) is 14.5. The van der Waals surface area contributed by atoms with Crippen LogP contribution >= 0.6 is 46.2 Å². The van der Waals surface area contributed by atoms with E-state index in [0.29, 0.717) is 5.57 Å². The van der Waals surface area contributed by atoms with E-state index < -0.39 is 93.0 Å². The summed E-state index contributed by atoms with van der Waals surface area (Å²) in [5.74, 6) is -8.72. The Morgan fingerprint density at radius 1 is 0.750 bits per heavy atom. The third-order valence-electron chi connectivity index (χ3n) is 10.4. The molecule has 3 aromatic rings. The van der Waals surface area contributed by atoms with Crippen molar-refractivity contribution >= 4 is 115 Å². The van der Waals surface area contributed by atoms with Crippen LogP contribution in [0.3, 0.4) is 0 Å². The lowest BCUT2D eigenvalue weighted by Gasteiger charge is -2.49. The SMILES string of the molecule is CC(C)(O/N=C(\C(=O)N[C@@H]1C(=O)N2C(C(=O)O)=C(CNc3nc(/C(=N/OC(C)(C)C(=O)O)C(=O)N[C@@H]4C(=O)N5C(C(=O)O)=C(C[n+]6ccccc6)CS[C@H]45)cs3)CS[C@H]12)c1csc(N)n1)C(=O)O. The van der Waals surface area contributed by atoms with E-state index in [1.54, 1.807) is 35.2 Å². The molecule has 0 spiro atoms. The number of nitrogen functional groups attached to an aromatic ring is 1. The molecule has 4 atom stereocenters. The summed E-state index contributed by atoms with van der Waals surface area (Å²) >= 11 is 4.29. The van der Waals surface area contributed by atoms with Gasteiger partial charge >= 0.3 is 23.9 Å². The number of thioether (sulfide) groups is 2. The van der Waals surface area contributed by atoms with Gasteiger partial charge in [0.2, 0.25) is 11.2 Å². The first-order chi connectivity index (χ1) is 32.1. The van der Waals surface area contributed by atoms with Crippen LogP contribution in [0, 0.1) is 0 Å². The van der Waals surface area contributed by atoms with E-state index in [-0.39, 0.29) is 63.2 Å². The predicted molar refractivity (Wildman–Crippen MR) is 242 cm³/mol. The molecule has 0 bridgehead atoms. The third kappa shape index (κ3) is 9.80. The number of thiazole rings is 2. The number of nitrogens with one attached hydrogen (secondary N) is 3. The second-order valence-electron chi connectivity index (χ2n) is 15.9. The van der Waals surface area contributed by atoms with Gasteiger partial charge in [0.25, 0.3) is 23.6 Å². The topological polar surface area (TPSA) is 359 Å². The molecule has 4 aliphatic rings. The fourth-order valence-electron chi connectivity index (χ4n) is 6.65. The quantitative estimate of drug-likeness (QED) is 0.0337. The number of carboxylic acids is 4. The number of nitrogens with two attached hydrogens (primary N) is 1. The van der Waals surface area contributed by atoms with Gasteiger partial charge in [-0.25, -0.2) is 33.7 Å². The molecule has 7 heterocycles. The van der Waals surface area contributed by atoms with Crippen LogP contribution in [-0.4, -0.2) is 151 Å². The number of anilines is 2. The van der Waals surface area contributed by atoms with Gasteiger partial charge in [-0.3, -0.25) is 29.0 Å². The predicted octanol–water partition coefficient (Wildman–Crippen LogP) is -0.0734. The zero-order valence-corrected chi connectivity index (χ0v) is 39.2. The van der Waals surface area contributed by atoms with Crippen molar-refractivity contribution < 1.29 is 73.0 Å². The zero-order chi connectivity index (χ0) is 49.4. The van der Waals surface area contributed by atoms with Crippen LogP contribution < -0.4 is 26.3 Å². The summed E-state index contributed by atoms with van der Waals surface area (Å²) < 4.78 is 1.77. The van der Waals surface area contributed by atoms with Gasteiger partial charge in [0.05, 0.1) is 0 Å². The number of nitrogens with zero attached hydrogens (tertiary/aromatic N) is 7. The molecule has 0 radical (unpaired) electrons. The summed E-state index contributed by atoms with van der Waals surface area (Å²) in [6.45, 7) is 4.80. The van der Waals surface area contributed by atoms with Gasteiger partial charge in [-0.05, 0) is 33.3 Å². The molecule has 0 unspecified atom stereocenters. The van der Waals surface area contributed by atoms with Gasteiger partial charge in [0, 0.05) is 46.5 Å². The maximum atomic E-state index is 13.9. The average Bonchev–Trinajstić information content (AvgIpc) is 3.95. The molecule has 25 nitrogen and oxygen atoms in total. The standard InChI is InChI=1S/C39H39N11O14S4/c1-38(2,34(59)60)63-46-20(18-14-67-36(40)42-18)26(51)44-22-28(53)49-24(32(55)56)16(12-65-30(22)49)10-41-37-43-19(15-68-37)21(47-64-39(3,4)35(61)62)27(52)45-23-29(54)50-25(33(57)58)17(13-66-31(23)50)11-48-8-6-5-7-9-48/h5-9,14-15,22-23,30-31H,10-13H2,1-4H3,(H8-,40,41,42,43,44,45,51,52,55,56,57,58,59,60,61,62)/p+1/b46-20-,47-21-/t22-,23-,30-,31-/m1/s1. The van der Waals surface area contributed by atoms with Gasteiger partial charge < -0.3 is 51.8 Å². The van der Waals surface area contributed by atoms with E-state index in [0.717, 1.165) is 44.2 Å². The summed E-state index contributed by atoms with van der Waals surface area (Å²) in [6, 6.07) is 2.93. The molecule has 0 aliphatic carbocycles. The smallest absolute Gasteiger partial charge is 0.352 e. The van der Waals surface area contributed by atoms with Crippen LogP contribution in [-0.2, 0) is 54.6 Å². The highest BCUT2D eigenvalue weighted by atomic mass is 32.2. The van der Waals surface area contributed by atoms with Crippen molar-refractivity contribution in [2.45, 2.75) is 68.3 Å². The maximum Gasteiger partial charge on any atom is 0.352 e. The normalized spacial score (nSPS) is 20.6. The van der Waals surface area contributed by atoms with E-state index in [1.165, 1.54) is 50.2 Å². The Balaban J connectivity index is 1.05. The number of fused-ring (bicyclic) bond motifs is 2. The van der Waals surface area contributed by atoms with Gasteiger partial charge in [-0.2, -0.15) is 0 Å². The van der Waals surface area contributed by atoms with Crippen LogP contribution in [0.1, 0.15) is 39.1 Å². The Bertz CT molecular complexity index is 2750. The van der Waals surface area contributed by atoms with E-state index in [9.17, 15) is 58.8 Å². The first kappa shape index (κ1) is 48.8. The number of aliphatic carboxylic acids is 4. The second-order valence-corrected chi connectivity index (χ2v) is 19.9. The minimum Gasteiger partial charge on any atom is -0.478 e. The number of hydrogen-bond donors (Lipinski definition) is 8. The van der Waals surface area contributed by atoms with Crippen LogP contribution in [0.4, 0.5) is 10.3 Å². The molecule has 9 N–H and O–H groups in total. The van der Waals surface area contributed by atoms with Gasteiger partial charge in [0.1, 0.15) is 45.6 Å². The molecule has 0 aromatic carbocycles. The van der Waals surface area contributed by atoms with Crippen LogP contribution in [0.25, 0.3) is 0 Å². The Morgan fingerprint density at radius 2 is 1.22 bits per heavy atom. The van der Waals surface area contributed by atoms with Crippen molar-refractivity contribution in [1.82, 2.24) is 30.4 Å². The molecule has 7 rings (SSSR count). The summed E-state index contributed by atoms with van der Waals surface area (Å²) in [7, 11) is 0. The number of carbonyl (C=O) groups excluding carboxylic acids is 4. The molecule has 68 heavy (non-hydrogen) atoms. The Morgan fingerprint density at radius 3 is 1.69 bits per heavy atom. The fourth-order valence-corrected chi connectivity index (χ4v) is 10.6. The molecule has 4 aliphatic heterocycles. The molecule has 4 amide bonds. The molecule has 2 saturated heterocycles. The summed E-state index contributed by atoms with van der Waals surface area (Å²) in [4.78, 5) is 124. The largest absolute Gasteiger partial charge is 0.478 e. The number of pyridine rings is 1. The zero-order valence-electron chi connectivity index (χ0n) is 35.9.